The molecule has 5 rings (SSSR count). The number of benzene rings is 1. The lowest BCUT2D eigenvalue weighted by Crippen LogP contribution is -2.50. The maximum absolute atomic E-state index is 12.8. The minimum atomic E-state index is -0.0679. The van der Waals surface area contributed by atoms with Crippen LogP contribution in [-0.2, 0) is 4.74 Å². The number of aromatic nitrogens is 2. The van der Waals surface area contributed by atoms with Gasteiger partial charge in [0.2, 0.25) is 0 Å². The monoisotopic (exact) mass is 453 g/mol. The summed E-state index contributed by atoms with van der Waals surface area (Å²) in [5, 5.41) is 3.63. The summed E-state index contributed by atoms with van der Waals surface area (Å²) in [4.78, 5) is 26.0. The highest BCUT2D eigenvalue weighted by atomic mass is 32.1. The van der Waals surface area contributed by atoms with Crippen molar-refractivity contribution >= 4 is 32.7 Å². The Balaban J connectivity index is 1.23. The normalized spacial score (nSPS) is 18.1. The van der Waals surface area contributed by atoms with E-state index < -0.39 is 0 Å². The summed E-state index contributed by atoms with van der Waals surface area (Å²) in [5.74, 6) is 0.720. The second-order valence-corrected chi connectivity index (χ2v) is 9.14. The number of urea groups is 1. The molecule has 1 aromatic carbocycles. The molecule has 8 nitrogen and oxygen atoms in total. The van der Waals surface area contributed by atoms with Crippen molar-refractivity contribution in [1.82, 2.24) is 19.8 Å². The van der Waals surface area contributed by atoms with Gasteiger partial charge in [0.15, 0.2) is 5.13 Å². The molecule has 2 fully saturated rings. The zero-order valence-electron chi connectivity index (χ0n) is 18.1. The van der Waals surface area contributed by atoms with E-state index in [1.54, 1.807) is 13.3 Å². The highest BCUT2D eigenvalue weighted by Crippen LogP contribution is 2.31. The molecule has 32 heavy (non-hydrogen) atoms. The van der Waals surface area contributed by atoms with Crippen LogP contribution < -0.4 is 10.1 Å². The molecule has 1 N–H and O–H groups in total. The second kappa shape index (κ2) is 9.40. The summed E-state index contributed by atoms with van der Waals surface area (Å²) >= 11 is 1.49. The van der Waals surface area contributed by atoms with Gasteiger partial charge in [-0.15, -0.1) is 0 Å². The van der Waals surface area contributed by atoms with Crippen LogP contribution in [0.1, 0.15) is 12.8 Å². The molecular weight excluding hydrogens is 426 g/mol. The van der Waals surface area contributed by atoms with E-state index in [2.05, 4.69) is 26.3 Å². The summed E-state index contributed by atoms with van der Waals surface area (Å²) in [7, 11) is 1.63. The maximum atomic E-state index is 12.8. The predicted octanol–water partition coefficient (Wildman–Crippen LogP) is 3.70. The summed E-state index contributed by atoms with van der Waals surface area (Å²) in [6.45, 7) is 5.16. The highest BCUT2D eigenvalue weighted by Gasteiger charge is 2.28. The Hall–Kier alpha value is -2.75. The Kier molecular flexibility index (Phi) is 6.20. The molecule has 0 unspecified atom stereocenters. The SMILES string of the molecule is COc1cncc(-c2ccc3nc(NC(=O)N4CCC(N5CCOCC5)CC4)sc3c2)c1. The van der Waals surface area contributed by atoms with Gasteiger partial charge < -0.3 is 14.4 Å². The van der Waals surface area contributed by atoms with E-state index in [0.717, 1.165) is 79.3 Å². The van der Waals surface area contributed by atoms with E-state index in [1.807, 2.05) is 29.3 Å². The third kappa shape index (κ3) is 4.55. The van der Waals surface area contributed by atoms with E-state index in [0.29, 0.717) is 11.2 Å². The van der Waals surface area contributed by atoms with Crippen molar-refractivity contribution in [3.05, 3.63) is 36.7 Å². The zero-order chi connectivity index (χ0) is 21.9. The van der Waals surface area contributed by atoms with Crippen LogP contribution in [-0.4, -0.2) is 78.3 Å². The van der Waals surface area contributed by atoms with Crippen molar-refractivity contribution in [3.8, 4) is 16.9 Å². The number of pyridine rings is 1. The third-order valence-corrected chi connectivity index (χ3v) is 7.13. The number of nitrogens with one attached hydrogen (secondary N) is 1. The van der Waals surface area contributed by atoms with Crippen molar-refractivity contribution in [1.29, 1.82) is 0 Å². The smallest absolute Gasteiger partial charge is 0.323 e. The number of methoxy groups -OCH3 is 1. The summed E-state index contributed by atoms with van der Waals surface area (Å²) in [6, 6.07) is 8.51. The van der Waals surface area contributed by atoms with Gasteiger partial charge in [-0.3, -0.25) is 15.2 Å². The third-order valence-electron chi connectivity index (χ3n) is 6.20. The minimum Gasteiger partial charge on any atom is -0.495 e. The van der Waals surface area contributed by atoms with Crippen molar-refractivity contribution in [2.75, 3.05) is 51.8 Å². The average molecular weight is 454 g/mol. The molecule has 0 bridgehead atoms. The largest absolute Gasteiger partial charge is 0.495 e. The molecular formula is C23H27N5O3S. The second-order valence-electron chi connectivity index (χ2n) is 8.11. The first kappa shape index (κ1) is 21.1. The molecule has 2 aromatic heterocycles. The number of rotatable bonds is 4. The standard InChI is InChI=1S/C23H27N5O3S/c1-30-19-12-17(14-24-15-19)16-2-3-20-21(13-16)32-22(25-20)26-23(29)28-6-4-18(5-7-28)27-8-10-31-11-9-27/h2-3,12-15,18H,4-11H2,1H3,(H,25,26,29). The van der Waals surface area contributed by atoms with E-state index in [-0.39, 0.29) is 6.03 Å². The zero-order valence-corrected chi connectivity index (χ0v) is 18.9. The van der Waals surface area contributed by atoms with Crippen LogP contribution in [0, 0.1) is 0 Å². The van der Waals surface area contributed by atoms with E-state index in [9.17, 15) is 4.79 Å². The van der Waals surface area contributed by atoms with Gasteiger partial charge in [-0.05, 0) is 36.6 Å². The highest BCUT2D eigenvalue weighted by molar-refractivity contribution is 7.22. The molecule has 2 aliphatic heterocycles. The van der Waals surface area contributed by atoms with Gasteiger partial charge in [0.1, 0.15) is 5.75 Å². The molecule has 2 aliphatic rings. The topological polar surface area (TPSA) is 79.8 Å². The molecule has 168 valence electrons. The van der Waals surface area contributed by atoms with Crippen LogP contribution in [0.3, 0.4) is 0 Å². The summed E-state index contributed by atoms with van der Waals surface area (Å²) in [6.07, 6.45) is 5.51. The van der Waals surface area contributed by atoms with Crippen molar-refractivity contribution in [2.24, 2.45) is 0 Å². The number of carbonyl (C=O) groups excluding carboxylic acids is 1. The number of thiazole rings is 1. The van der Waals surface area contributed by atoms with Gasteiger partial charge >= 0.3 is 6.03 Å². The fraction of sp³-hybridized carbons (Fsp3) is 0.435. The van der Waals surface area contributed by atoms with Crippen LogP contribution in [0.5, 0.6) is 5.75 Å². The van der Waals surface area contributed by atoms with Gasteiger partial charge in [0.05, 0.1) is 36.7 Å². The van der Waals surface area contributed by atoms with Crippen LogP contribution in [0.4, 0.5) is 9.93 Å². The number of morpholine rings is 1. The van der Waals surface area contributed by atoms with Crippen molar-refractivity contribution in [2.45, 2.75) is 18.9 Å². The van der Waals surface area contributed by atoms with E-state index in [1.165, 1.54) is 11.3 Å². The molecule has 4 heterocycles. The number of nitrogens with zero attached hydrogens (tertiary/aromatic N) is 4. The van der Waals surface area contributed by atoms with Crippen LogP contribution in [0.15, 0.2) is 36.7 Å². The minimum absolute atomic E-state index is 0.0679. The lowest BCUT2D eigenvalue weighted by Gasteiger charge is -2.39. The van der Waals surface area contributed by atoms with Crippen molar-refractivity contribution < 1.29 is 14.3 Å². The van der Waals surface area contributed by atoms with Crippen LogP contribution in [0.25, 0.3) is 21.3 Å². The maximum Gasteiger partial charge on any atom is 0.323 e. The van der Waals surface area contributed by atoms with Crippen LogP contribution in [0.2, 0.25) is 0 Å². The van der Waals surface area contributed by atoms with Gasteiger partial charge in [0.25, 0.3) is 0 Å². The number of hydrogen-bond donors (Lipinski definition) is 1. The summed E-state index contributed by atoms with van der Waals surface area (Å²) < 4.78 is 11.8. The van der Waals surface area contributed by atoms with Crippen LogP contribution >= 0.6 is 11.3 Å². The predicted molar refractivity (Wildman–Crippen MR) is 125 cm³/mol. The number of anilines is 1. The Morgan fingerprint density at radius 2 is 1.94 bits per heavy atom. The quantitative estimate of drug-likeness (QED) is 0.649. The fourth-order valence-corrected chi connectivity index (χ4v) is 5.29. The first-order valence-corrected chi connectivity index (χ1v) is 11.8. The molecule has 2 saturated heterocycles. The number of fused-ring (bicyclic) bond motifs is 1. The Morgan fingerprint density at radius 3 is 2.72 bits per heavy atom. The van der Waals surface area contributed by atoms with E-state index in [4.69, 9.17) is 9.47 Å². The molecule has 2 amide bonds. The number of carbonyl (C=O) groups is 1. The number of amides is 2. The van der Waals surface area contributed by atoms with Crippen molar-refractivity contribution in [3.63, 3.8) is 0 Å². The number of piperidine rings is 1. The Bertz CT molecular complexity index is 1090. The lowest BCUT2D eigenvalue weighted by atomic mass is 10.0. The summed E-state index contributed by atoms with van der Waals surface area (Å²) in [5.41, 5.74) is 2.89. The Morgan fingerprint density at radius 1 is 1.12 bits per heavy atom. The molecule has 9 heteroatoms. The molecule has 0 saturated carbocycles. The molecule has 0 atom stereocenters. The molecule has 3 aromatic rings. The average Bonchev–Trinajstić information content (AvgIpc) is 3.26. The van der Waals surface area contributed by atoms with Gasteiger partial charge in [-0.2, -0.15) is 0 Å². The lowest BCUT2D eigenvalue weighted by molar-refractivity contribution is 0.00419. The van der Waals surface area contributed by atoms with Gasteiger partial charge in [-0.1, -0.05) is 17.4 Å². The number of hydrogen-bond acceptors (Lipinski definition) is 7. The fourth-order valence-electron chi connectivity index (χ4n) is 4.39. The van der Waals surface area contributed by atoms with E-state index >= 15 is 0 Å². The number of ether oxygens (including phenoxy) is 2. The molecule has 0 spiro atoms. The molecule has 0 aliphatic carbocycles. The first-order valence-electron chi connectivity index (χ1n) is 11.0. The molecule has 0 radical (unpaired) electrons. The first-order chi connectivity index (χ1) is 15.7. The Labute approximate surface area is 191 Å². The van der Waals surface area contributed by atoms with Gasteiger partial charge in [0, 0.05) is 44.0 Å². The van der Waals surface area contributed by atoms with Gasteiger partial charge in [-0.25, -0.2) is 9.78 Å². The number of likely N-dealkylation sites (tertiary alicyclic amines) is 1.